The Morgan fingerprint density at radius 1 is 1.31 bits per heavy atom. The number of aromatic nitrogens is 2. The second-order valence-electron chi connectivity index (χ2n) is 7.60. The van der Waals surface area contributed by atoms with E-state index in [1.807, 2.05) is 31.9 Å². The Bertz CT molecular complexity index is 800. The van der Waals surface area contributed by atoms with Crippen LogP contribution in [0.5, 0.6) is 0 Å². The molecule has 7 nitrogen and oxygen atoms in total. The summed E-state index contributed by atoms with van der Waals surface area (Å²) in [6, 6.07) is 0. The third kappa shape index (κ3) is 7.36. The predicted octanol–water partition coefficient (Wildman–Crippen LogP) is 4.98. The molecule has 0 spiro atoms. The number of hydrogen-bond acceptors (Lipinski definition) is 9. The van der Waals surface area contributed by atoms with Gasteiger partial charge in [0.25, 0.3) is 0 Å². The third-order valence-corrected chi connectivity index (χ3v) is 7.18. The lowest BCUT2D eigenvalue weighted by Crippen LogP contribution is -2.39. The van der Waals surface area contributed by atoms with Crippen molar-refractivity contribution in [2.45, 2.75) is 56.1 Å². The first-order chi connectivity index (χ1) is 15.0. The van der Waals surface area contributed by atoms with E-state index in [1.165, 1.54) is 29.7 Å². The van der Waals surface area contributed by atoms with E-state index in [0.29, 0.717) is 24.3 Å². The van der Waals surface area contributed by atoms with Crippen LogP contribution in [0.3, 0.4) is 0 Å². The van der Waals surface area contributed by atoms with Crippen LogP contribution in [-0.2, 0) is 10.9 Å². The van der Waals surface area contributed by atoms with Gasteiger partial charge in [0.2, 0.25) is 11.2 Å². The van der Waals surface area contributed by atoms with Gasteiger partial charge < -0.3 is 15.0 Å². The molecule has 0 saturated carbocycles. The maximum absolute atomic E-state index is 12.7. The highest BCUT2D eigenvalue weighted by molar-refractivity contribution is 8.14. The number of nitrogens with zero attached hydrogens (tertiary/aromatic N) is 5. The van der Waals surface area contributed by atoms with E-state index in [-0.39, 0.29) is 17.4 Å². The molecule has 0 aliphatic carbocycles. The van der Waals surface area contributed by atoms with Gasteiger partial charge in [-0.05, 0) is 64.3 Å². The van der Waals surface area contributed by atoms with Crippen LogP contribution in [0, 0.1) is 11.3 Å². The molecule has 1 N–H and O–H groups in total. The number of thioether (sulfide) groups is 2. The van der Waals surface area contributed by atoms with Gasteiger partial charge in [-0.15, -0.1) is 11.8 Å². The molecule has 2 rings (SSSR count). The normalized spacial score (nSPS) is 19.7. The molecule has 0 bridgehead atoms. The lowest BCUT2D eigenvalue weighted by molar-refractivity contribution is -0.138. The van der Waals surface area contributed by atoms with Crippen LogP contribution in [0.1, 0.15) is 39.2 Å². The Kier molecular flexibility index (Phi) is 9.38. The summed E-state index contributed by atoms with van der Waals surface area (Å²) in [6.45, 7) is 10.5. The van der Waals surface area contributed by atoms with Crippen molar-refractivity contribution in [2.24, 2.45) is 15.9 Å². The van der Waals surface area contributed by atoms with Crippen molar-refractivity contribution >= 4 is 47.6 Å². The van der Waals surface area contributed by atoms with E-state index in [1.54, 1.807) is 0 Å². The van der Waals surface area contributed by atoms with Crippen molar-refractivity contribution < 1.29 is 17.9 Å². The molecule has 1 aliphatic rings. The number of piperidine rings is 1. The van der Waals surface area contributed by atoms with Gasteiger partial charge in [0.1, 0.15) is 16.3 Å². The Morgan fingerprint density at radius 2 is 1.91 bits per heavy atom. The minimum absolute atomic E-state index is 0.134. The summed E-state index contributed by atoms with van der Waals surface area (Å²) in [4.78, 5) is 17.6. The fourth-order valence-corrected chi connectivity index (χ4v) is 4.20. The quantitative estimate of drug-likeness (QED) is 0.408. The molecule has 0 aromatic carbocycles. The monoisotopic (exact) mass is 490 g/mol. The van der Waals surface area contributed by atoms with E-state index >= 15 is 0 Å². The first-order valence-electron chi connectivity index (χ1n) is 10.1. The number of hydrogen-bond donors (Lipinski definition) is 1. The molecule has 2 heterocycles. The molecule has 1 aromatic rings. The average molecular weight is 491 g/mol. The molecule has 3 atom stereocenters. The van der Waals surface area contributed by atoms with Crippen molar-refractivity contribution in [2.75, 3.05) is 24.2 Å². The standard InChI is InChI=1S/C20H29F3N6OS2/c1-13(30-18(32-14(2)25-4)28-19(3,12-24)31-5)15-6-8-29(9-7-15)17-26-10-16(11-27-17)20(21,22)23/h10-15,24H,4,6-9H2,1-3,5H3/t13-,14?,19?/m0/s1. The van der Waals surface area contributed by atoms with Crippen LogP contribution in [-0.4, -0.2) is 63.8 Å². The van der Waals surface area contributed by atoms with Crippen molar-refractivity contribution in [3.8, 4) is 0 Å². The molecule has 1 aliphatic heterocycles. The van der Waals surface area contributed by atoms with Crippen molar-refractivity contribution in [1.82, 2.24) is 9.97 Å². The molecule has 178 valence electrons. The molecule has 0 amide bonds. The van der Waals surface area contributed by atoms with Crippen LogP contribution in [0.25, 0.3) is 0 Å². The molecular weight excluding hydrogens is 461 g/mol. The lowest BCUT2D eigenvalue weighted by Gasteiger charge is -2.35. The van der Waals surface area contributed by atoms with Crippen LogP contribution in [0.15, 0.2) is 22.4 Å². The van der Waals surface area contributed by atoms with E-state index in [9.17, 15) is 13.2 Å². The van der Waals surface area contributed by atoms with E-state index in [2.05, 4.69) is 26.7 Å². The van der Waals surface area contributed by atoms with Gasteiger partial charge in [-0.25, -0.2) is 15.0 Å². The van der Waals surface area contributed by atoms with Crippen molar-refractivity contribution in [1.29, 1.82) is 5.41 Å². The zero-order valence-corrected chi connectivity index (χ0v) is 20.2. The summed E-state index contributed by atoms with van der Waals surface area (Å²) in [6.07, 6.45) is 1.78. The Balaban J connectivity index is 2.01. The summed E-state index contributed by atoms with van der Waals surface area (Å²) in [5.41, 5.74) is -0.854. The van der Waals surface area contributed by atoms with E-state index in [0.717, 1.165) is 25.2 Å². The van der Waals surface area contributed by atoms with Crippen LogP contribution in [0.4, 0.5) is 19.1 Å². The molecule has 0 radical (unpaired) electrons. The van der Waals surface area contributed by atoms with Gasteiger partial charge in [-0.1, -0.05) is 0 Å². The number of nitrogens with one attached hydrogen (secondary N) is 1. The molecule has 1 fully saturated rings. The molecule has 1 saturated heterocycles. The highest BCUT2D eigenvalue weighted by atomic mass is 32.2. The minimum Gasteiger partial charge on any atom is -0.470 e. The summed E-state index contributed by atoms with van der Waals surface area (Å²) in [5, 5.41) is 8.00. The number of ether oxygens (including phenoxy) is 1. The third-order valence-electron chi connectivity index (χ3n) is 5.26. The summed E-state index contributed by atoms with van der Waals surface area (Å²) >= 11 is 2.79. The number of halogens is 3. The second-order valence-corrected chi connectivity index (χ2v) is 10.1. The average Bonchev–Trinajstić information content (AvgIpc) is 2.78. The SMILES string of the molecule is C=NC(C)SC(=NC(C)(C=N)SC)O[C@@H](C)C1CCN(c2ncc(C(F)(F)F)cn2)CC1. The largest absolute Gasteiger partial charge is 0.470 e. The van der Waals surface area contributed by atoms with Gasteiger partial charge in [-0.2, -0.15) is 13.2 Å². The van der Waals surface area contributed by atoms with Gasteiger partial charge in [0.15, 0.2) is 0 Å². The van der Waals surface area contributed by atoms with Crippen molar-refractivity contribution in [3.63, 3.8) is 0 Å². The van der Waals surface area contributed by atoms with Gasteiger partial charge >= 0.3 is 6.18 Å². The zero-order valence-electron chi connectivity index (χ0n) is 18.6. The van der Waals surface area contributed by atoms with Gasteiger partial charge in [0, 0.05) is 31.7 Å². The van der Waals surface area contributed by atoms with Crippen LogP contribution in [0.2, 0.25) is 0 Å². The van der Waals surface area contributed by atoms with Crippen LogP contribution >= 0.6 is 23.5 Å². The number of aliphatic imine (C=N–C) groups is 2. The molecular formula is C20H29F3N6OS2. The number of rotatable bonds is 8. The molecule has 1 aromatic heterocycles. The minimum atomic E-state index is -4.45. The fourth-order valence-electron chi connectivity index (χ4n) is 3.04. The Labute approximate surface area is 195 Å². The smallest absolute Gasteiger partial charge is 0.419 e. The molecule has 2 unspecified atom stereocenters. The molecule has 12 heteroatoms. The van der Waals surface area contributed by atoms with Gasteiger partial charge in [-0.3, -0.25) is 4.99 Å². The lowest BCUT2D eigenvalue weighted by atomic mass is 9.92. The zero-order chi connectivity index (χ0) is 23.9. The van der Waals surface area contributed by atoms with Crippen molar-refractivity contribution in [3.05, 3.63) is 18.0 Å². The first-order valence-corrected chi connectivity index (χ1v) is 12.2. The molecule has 32 heavy (non-hydrogen) atoms. The van der Waals surface area contributed by atoms with Crippen LogP contribution < -0.4 is 4.90 Å². The second kappa shape index (κ2) is 11.4. The maximum atomic E-state index is 12.7. The summed E-state index contributed by atoms with van der Waals surface area (Å²) in [7, 11) is 0. The van der Waals surface area contributed by atoms with E-state index in [4.69, 9.17) is 10.1 Å². The van der Waals surface area contributed by atoms with Gasteiger partial charge in [0.05, 0.1) is 5.56 Å². The summed E-state index contributed by atoms with van der Waals surface area (Å²) in [5.74, 6) is 0.537. The maximum Gasteiger partial charge on any atom is 0.419 e. The summed E-state index contributed by atoms with van der Waals surface area (Å²) < 4.78 is 44.3. The number of anilines is 1. The van der Waals surface area contributed by atoms with E-state index < -0.39 is 16.6 Å². The first kappa shape index (κ1) is 26.4. The Hall–Kier alpha value is -1.82. The highest BCUT2D eigenvalue weighted by Crippen LogP contribution is 2.31. The fraction of sp³-hybridized carbons (Fsp3) is 0.650. The highest BCUT2D eigenvalue weighted by Gasteiger charge is 2.32. The number of alkyl halides is 3. The predicted molar refractivity (Wildman–Crippen MR) is 127 cm³/mol. The Morgan fingerprint density at radius 3 is 2.38 bits per heavy atom. The topological polar surface area (TPSA) is 86.8 Å².